The Hall–Kier alpha value is -3.09. The van der Waals surface area contributed by atoms with Gasteiger partial charge in [0.25, 0.3) is 0 Å². The van der Waals surface area contributed by atoms with Crippen molar-refractivity contribution in [3.63, 3.8) is 0 Å². The number of nitrogens with one attached hydrogen (secondary N) is 1. The lowest BCUT2D eigenvalue weighted by atomic mass is 10.1. The highest BCUT2D eigenvalue weighted by atomic mass is 19.1. The largest absolute Gasteiger partial charge is 0.356 e. The molecule has 7 heteroatoms. The van der Waals surface area contributed by atoms with Gasteiger partial charge in [0.05, 0.1) is 23.4 Å². The van der Waals surface area contributed by atoms with E-state index in [1.54, 1.807) is 12.1 Å². The molecular weight excluding hydrogens is 321 g/mol. The van der Waals surface area contributed by atoms with Gasteiger partial charge in [0.2, 0.25) is 5.91 Å². The number of halogens is 3. The molecule has 1 heterocycles. The topological polar surface area (TPSA) is 55.1 Å². The number of carbonyl (C=O) groups excluding carboxylic acids is 1. The third kappa shape index (κ3) is 3.45. The molecule has 0 saturated heterocycles. The lowest BCUT2D eigenvalue weighted by Crippen LogP contribution is -2.15. The van der Waals surface area contributed by atoms with E-state index in [9.17, 15) is 18.0 Å². The minimum atomic E-state index is -0.879. The van der Waals surface area contributed by atoms with Crippen molar-refractivity contribution in [2.24, 2.45) is 0 Å². The highest BCUT2D eigenvalue weighted by Gasteiger charge is 2.14. The molecule has 0 bridgehead atoms. The van der Waals surface area contributed by atoms with Crippen LogP contribution in [0.3, 0.4) is 0 Å². The van der Waals surface area contributed by atoms with E-state index in [1.807, 2.05) is 0 Å². The number of anilines is 1. The van der Waals surface area contributed by atoms with Crippen molar-refractivity contribution in [1.29, 1.82) is 0 Å². The first kappa shape index (κ1) is 15.8. The third-order valence-corrected chi connectivity index (χ3v) is 3.25. The molecule has 0 aliphatic heterocycles. The second-order valence-corrected chi connectivity index (χ2v) is 5.01. The van der Waals surface area contributed by atoms with E-state index in [0.717, 1.165) is 12.1 Å². The summed E-state index contributed by atoms with van der Waals surface area (Å²) >= 11 is 0. The Balaban J connectivity index is 1.70. The van der Waals surface area contributed by atoms with Crippen LogP contribution in [0, 0.1) is 17.5 Å². The van der Waals surface area contributed by atoms with Gasteiger partial charge in [0.15, 0.2) is 5.76 Å². The van der Waals surface area contributed by atoms with Crippen LogP contribution in [0.15, 0.2) is 53.1 Å². The minimum Gasteiger partial charge on any atom is -0.356 e. The van der Waals surface area contributed by atoms with E-state index < -0.39 is 23.4 Å². The predicted octanol–water partition coefficient (Wildman–Crippen LogP) is 3.94. The Morgan fingerprint density at radius 1 is 1.04 bits per heavy atom. The first-order valence-electron chi connectivity index (χ1n) is 6.98. The van der Waals surface area contributed by atoms with Crippen molar-refractivity contribution in [1.82, 2.24) is 5.16 Å². The smallest absolute Gasteiger partial charge is 0.230 e. The SMILES string of the molecule is O=C(Cc1cc(-c2ccccc2F)on1)Nc1ccc(F)cc1F. The molecule has 0 spiro atoms. The van der Waals surface area contributed by atoms with Crippen LogP contribution in [0.1, 0.15) is 5.69 Å². The Morgan fingerprint density at radius 3 is 2.58 bits per heavy atom. The fourth-order valence-corrected chi connectivity index (χ4v) is 2.13. The van der Waals surface area contributed by atoms with E-state index in [1.165, 1.54) is 18.2 Å². The van der Waals surface area contributed by atoms with E-state index in [4.69, 9.17) is 4.52 Å². The first-order chi connectivity index (χ1) is 11.5. The molecular formula is C17H11F3N2O2. The molecule has 0 unspecified atom stereocenters. The number of benzene rings is 2. The van der Waals surface area contributed by atoms with Crippen LogP contribution in [0.25, 0.3) is 11.3 Å². The molecule has 2 aromatic carbocycles. The van der Waals surface area contributed by atoms with Crippen LogP contribution in [0.4, 0.5) is 18.9 Å². The zero-order valence-corrected chi connectivity index (χ0v) is 12.2. The van der Waals surface area contributed by atoms with Crippen LogP contribution >= 0.6 is 0 Å². The number of rotatable bonds is 4. The molecule has 0 aliphatic carbocycles. The zero-order valence-electron chi connectivity index (χ0n) is 12.2. The van der Waals surface area contributed by atoms with Gasteiger partial charge in [0.1, 0.15) is 17.5 Å². The molecule has 4 nitrogen and oxygen atoms in total. The second kappa shape index (κ2) is 6.57. The number of hydrogen-bond acceptors (Lipinski definition) is 3. The van der Waals surface area contributed by atoms with Gasteiger partial charge in [-0.15, -0.1) is 0 Å². The molecule has 0 radical (unpaired) electrons. The molecule has 0 aliphatic rings. The van der Waals surface area contributed by atoms with Gasteiger partial charge in [-0.2, -0.15) is 0 Å². The number of aromatic nitrogens is 1. The maximum absolute atomic E-state index is 13.7. The Morgan fingerprint density at radius 2 is 1.83 bits per heavy atom. The molecule has 24 heavy (non-hydrogen) atoms. The fourth-order valence-electron chi connectivity index (χ4n) is 2.13. The molecule has 1 amide bonds. The van der Waals surface area contributed by atoms with Gasteiger partial charge in [-0.3, -0.25) is 4.79 Å². The van der Waals surface area contributed by atoms with E-state index in [0.29, 0.717) is 6.07 Å². The number of nitrogens with zero attached hydrogens (tertiary/aromatic N) is 1. The van der Waals surface area contributed by atoms with Crippen LogP contribution in [0.5, 0.6) is 0 Å². The maximum Gasteiger partial charge on any atom is 0.230 e. The van der Waals surface area contributed by atoms with Crippen LogP contribution in [0.2, 0.25) is 0 Å². The molecule has 3 rings (SSSR count). The summed E-state index contributed by atoms with van der Waals surface area (Å²) in [6.07, 6.45) is -0.200. The van der Waals surface area contributed by atoms with Crippen molar-refractivity contribution >= 4 is 11.6 Å². The summed E-state index contributed by atoms with van der Waals surface area (Å²) in [6.45, 7) is 0. The highest BCUT2D eigenvalue weighted by Crippen LogP contribution is 2.23. The summed E-state index contributed by atoms with van der Waals surface area (Å²) in [5.74, 6) is -2.47. The number of carbonyl (C=O) groups is 1. The van der Waals surface area contributed by atoms with Crippen molar-refractivity contribution in [3.8, 4) is 11.3 Å². The lowest BCUT2D eigenvalue weighted by Gasteiger charge is -2.04. The van der Waals surface area contributed by atoms with Crippen LogP contribution < -0.4 is 5.32 Å². The molecule has 1 aromatic heterocycles. The first-order valence-corrected chi connectivity index (χ1v) is 6.98. The Bertz CT molecular complexity index is 893. The van der Waals surface area contributed by atoms with Crippen molar-refractivity contribution in [2.45, 2.75) is 6.42 Å². The van der Waals surface area contributed by atoms with E-state index in [2.05, 4.69) is 10.5 Å². The van der Waals surface area contributed by atoms with E-state index >= 15 is 0 Å². The average molecular weight is 332 g/mol. The molecule has 3 aromatic rings. The maximum atomic E-state index is 13.7. The summed E-state index contributed by atoms with van der Waals surface area (Å²) in [4.78, 5) is 11.9. The normalized spacial score (nSPS) is 10.6. The van der Waals surface area contributed by atoms with Crippen LogP contribution in [-0.4, -0.2) is 11.1 Å². The summed E-state index contributed by atoms with van der Waals surface area (Å²) < 4.78 is 45.0. The second-order valence-electron chi connectivity index (χ2n) is 5.01. The summed E-state index contributed by atoms with van der Waals surface area (Å²) in [5.41, 5.74) is 0.341. The molecule has 0 saturated carbocycles. The summed E-state index contributed by atoms with van der Waals surface area (Å²) in [6, 6.07) is 10.2. The number of amides is 1. The minimum absolute atomic E-state index is 0.140. The van der Waals surface area contributed by atoms with Gasteiger partial charge in [-0.1, -0.05) is 17.3 Å². The Labute approximate surface area is 134 Å². The zero-order chi connectivity index (χ0) is 17.1. The molecule has 1 N–H and O–H groups in total. The monoisotopic (exact) mass is 332 g/mol. The predicted molar refractivity (Wildman–Crippen MR) is 80.6 cm³/mol. The van der Waals surface area contributed by atoms with Crippen molar-refractivity contribution < 1.29 is 22.5 Å². The van der Waals surface area contributed by atoms with Gasteiger partial charge >= 0.3 is 0 Å². The van der Waals surface area contributed by atoms with Crippen molar-refractivity contribution in [2.75, 3.05) is 5.32 Å². The fraction of sp³-hybridized carbons (Fsp3) is 0.0588. The molecule has 0 atom stereocenters. The lowest BCUT2D eigenvalue weighted by molar-refractivity contribution is -0.115. The van der Waals surface area contributed by atoms with Gasteiger partial charge in [-0.25, -0.2) is 13.2 Å². The Kier molecular flexibility index (Phi) is 4.33. The quantitative estimate of drug-likeness (QED) is 0.787. The van der Waals surface area contributed by atoms with Crippen LogP contribution in [-0.2, 0) is 11.2 Å². The molecule has 0 fully saturated rings. The van der Waals surface area contributed by atoms with E-state index in [-0.39, 0.29) is 29.1 Å². The summed E-state index contributed by atoms with van der Waals surface area (Å²) in [5, 5.41) is 6.01. The molecule has 122 valence electrons. The van der Waals surface area contributed by atoms with Gasteiger partial charge in [-0.05, 0) is 24.3 Å². The standard InChI is InChI=1S/C17H11F3N2O2/c18-10-5-6-15(14(20)7-10)21-17(23)9-11-8-16(24-22-11)12-3-1-2-4-13(12)19/h1-8H,9H2,(H,21,23). The highest BCUT2D eigenvalue weighted by molar-refractivity contribution is 5.92. The summed E-state index contributed by atoms with van der Waals surface area (Å²) in [7, 11) is 0. The third-order valence-electron chi connectivity index (χ3n) is 3.25. The number of hydrogen-bond donors (Lipinski definition) is 1. The van der Waals surface area contributed by atoms with Gasteiger partial charge < -0.3 is 9.84 Å². The average Bonchev–Trinajstić information content (AvgIpc) is 2.99. The van der Waals surface area contributed by atoms with Gasteiger partial charge in [0, 0.05) is 12.1 Å². The van der Waals surface area contributed by atoms with Crippen molar-refractivity contribution in [3.05, 3.63) is 71.7 Å².